The summed E-state index contributed by atoms with van der Waals surface area (Å²) < 4.78 is 5.07. The van der Waals surface area contributed by atoms with Crippen LogP contribution in [0, 0.1) is 6.92 Å². The van der Waals surface area contributed by atoms with Crippen LogP contribution in [0.15, 0.2) is 36.7 Å². The van der Waals surface area contributed by atoms with Crippen LogP contribution in [-0.4, -0.2) is 22.9 Å². The third-order valence-electron chi connectivity index (χ3n) is 2.32. The molecule has 0 saturated heterocycles. The van der Waals surface area contributed by atoms with E-state index in [4.69, 9.17) is 4.74 Å². The van der Waals surface area contributed by atoms with E-state index in [9.17, 15) is 4.79 Å². The third-order valence-corrected chi connectivity index (χ3v) is 2.32. The van der Waals surface area contributed by atoms with E-state index >= 15 is 0 Å². The lowest BCUT2D eigenvalue weighted by Crippen LogP contribution is -2.07. The standard InChI is InChI=1S/C13H12N2O2/c1-9-7-14-13(15-8-9)12(16)10-4-3-5-11(6-10)17-2/h3-8H,1-2H3. The molecule has 0 aliphatic carbocycles. The molecule has 0 amide bonds. The minimum Gasteiger partial charge on any atom is -0.497 e. The fraction of sp³-hybridized carbons (Fsp3) is 0.154. The molecule has 1 aromatic heterocycles. The molecule has 0 saturated carbocycles. The molecule has 0 unspecified atom stereocenters. The number of benzene rings is 1. The van der Waals surface area contributed by atoms with Gasteiger partial charge in [0, 0.05) is 18.0 Å². The molecular formula is C13H12N2O2. The largest absolute Gasteiger partial charge is 0.497 e. The Balaban J connectivity index is 2.33. The molecule has 4 heteroatoms. The van der Waals surface area contributed by atoms with Crippen LogP contribution >= 0.6 is 0 Å². The van der Waals surface area contributed by atoms with Crippen molar-refractivity contribution in [2.45, 2.75) is 6.92 Å². The molecule has 0 N–H and O–H groups in total. The zero-order chi connectivity index (χ0) is 12.3. The van der Waals surface area contributed by atoms with Gasteiger partial charge in [-0.05, 0) is 24.6 Å². The van der Waals surface area contributed by atoms with E-state index in [1.165, 1.54) is 0 Å². The number of aromatic nitrogens is 2. The summed E-state index contributed by atoms with van der Waals surface area (Å²) in [7, 11) is 1.56. The van der Waals surface area contributed by atoms with Crippen molar-refractivity contribution in [3.8, 4) is 5.75 Å². The van der Waals surface area contributed by atoms with Gasteiger partial charge in [0.15, 0.2) is 0 Å². The van der Waals surface area contributed by atoms with Gasteiger partial charge in [-0.25, -0.2) is 9.97 Å². The van der Waals surface area contributed by atoms with Gasteiger partial charge in [-0.2, -0.15) is 0 Å². The van der Waals surface area contributed by atoms with E-state index in [2.05, 4.69) is 9.97 Å². The van der Waals surface area contributed by atoms with Crippen molar-refractivity contribution in [2.75, 3.05) is 7.11 Å². The number of hydrogen-bond acceptors (Lipinski definition) is 4. The maximum Gasteiger partial charge on any atom is 0.230 e. The first-order valence-corrected chi connectivity index (χ1v) is 5.18. The molecule has 1 aromatic carbocycles. The Kier molecular flexibility index (Phi) is 3.14. The van der Waals surface area contributed by atoms with E-state index < -0.39 is 0 Å². The molecule has 0 radical (unpaired) electrons. The minimum absolute atomic E-state index is 0.198. The predicted octanol–water partition coefficient (Wildman–Crippen LogP) is 2.02. The number of hydrogen-bond donors (Lipinski definition) is 0. The van der Waals surface area contributed by atoms with E-state index in [0.29, 0.717) is 11.3 Å². The number of carbonyl (C=O) groups is 1. The predicted molar refractivity (Wildman–Crippen MR) is 63.2 cm³/mol. The summed E-state index contributed by atoms with van der Waals surface area (Å²) in [4.78, 5) is 20.1. The Morgan fingerprint density at radius 2 is 1.94 bits per heavy atom. The minimum atomic E-state index is -0.205. The Hall–Kier alpha value is -2.23. The fourth-order valence-corrected chi connectivity index (χ4v) is 1.40. The molecule has 0 fully saturated rings. The third kappa shape index (κ3) is 2.47. The molecule has 2 rings (SSSR count). The van der Waals surface area contributed by atoms with Crippen molar-refractivity contribution >= 4 is 5.78 Å². The summed E-state index contributed by atoms with van der Waals surface area (Å²) in [5, 5.41) is 0. The fourth-order valence-electron chi connectivity index (χ4n) is 1.40. The summed E-state index contributed by atoms with van der Waals surface area (Å²) in [5.41, 5.74) is 1.44. The van der Waals surface area contributed by atoms with Crippen molar-refractivity contribution in [2.24, 2.45) is 0 Å². The number of nitrogens with zero attached hydrogens (tertiary/aromatic N) is 2. The zero-order valence-electron chi connectivity index (χ0n) is 9.68. The highest BCUT2D eigenvalue weighted by atomic mass is 16.5. The first kappa shape index (κ1) is 11.3. The lowest BCUT2D eigenvalue weighted by molar-refractivity contribution is 0.102. The van der Waals surface area contributed by atoms with Crippen LogP contribution in [-0.2, 0) is 0 Å². The van der Waals surface area contributed by atoms with Gasteiger partial charge in [-0.3, -0.25) is 4.79 Å². The van der Waals surface area contributed by atoms with Crippen LogP contribution in [0.5, 0.6) is 5.75 Å². The van der Waals surface area contributed by atoms with Crippen molar-refractivity contribution in [1.29, 1.82) is 0 Å². The molecule has 0 aliphatic rings. The maximum atomic E-state index is 12.0. The topological polar surface area (TPSA) is 52.1 Å². The molecule has 4 nitrogen and oxygen atoms in total. The summed E-state index contributed by atoms with van der Waals surface area (Å²) in [6.07, 6.45) is 3.25. The van der Waals surface area contributed by atoms with Crippen molar-refractivity contribution in [3.63, 3.8) is 0 Å². The van der Waals surface area contributed by atoms with Crippen molar-refractivity contribution in [3.05, 3.63) is 53.6 Å². The van der Waals surface area contributed by atoms with Crippen LogP contribution in [0.25, 0.3) is 0 Å². The normalized spacial score (nSPS) is 10.0. The quantitative estimate of drug-likeness (QED) is 0.754. The summed E-state index contributed by atoms with van der Waals surface area (Å²) >= 11 is 0. The first-order chi connectivity index (χ1) is 8.20. The number of carbonyl (C=O) groups excluding carboxylic acids is 1. The van der Waals surface area contributed by atoms with Gasteiger partial charge in [-0.15, -0.1) is 0 Å². The van der Waals surface area contributed by atoms with Crippen molar-refractivity contribution in [1.82, 2.24) is 9.97 Å². The monoisotopic (exact) mass is 228 g/mol. The Labute approximate surface area is 99.3 Å². The van der Waals surface area contributed by atoms with E-state index in [-0.39, 0.29) is 11.6 Å². The smallest absolute Gasteiger partial charge is 0.230 e. The van der Waals surface area contributed by atoms with E-state index in [1.54, 1.807) is 43.8 Å². The SMILES string of the molecule is COc1cccc(C(=O)c2ncc(C)cn2)c1. The average molecular weight is 228 g/mol. The first-order valence-electron chi connectivity index (χ1n) is 5.18. The number of ketones is 1. The molecule has 2 aromatic rings. The molecule has 86 valence electrons. The number of aryl methyl sites for hydroxylation is 1. The Bertz CT molecular complexity index is 535. The van der Waals surface area contributed by atoms with E-state index in [1.807, 2.05) is 6.92 Å². The van der Waals surface area contributed by atoms with Gasteiger partial charge in [0.1, 0.15) is 5.75 Å². The van der Waals surface area contributed by atoms with Crippen LogP contribution < -0.4 is 4.74 Å². The van der Waals surface area contributed by atoms with Gasteiger partial charge < -0.3 is 4.74 Å². The van der Waals surface area contributed by atoms with Crippen LogP contribution in [0.3, 0.4) is 0 Å². The van der Waals surface area contributed by atoms with E-state index in [0.717, 1.165) is 5.56 Å². The Morgan fingerprint density at radius 1 is 1.24 bits per heavy atom. The van der Waals surface area contributed by atoms with Crippen LogP contribution in [0.4, 0.5) is 0 Å². The summed E-state index contributed by atoms with van der Waals surface area (Å²) in [5.74, 6) is 0.635. The second kappa shape index (κ2) is 4.74. The molecule has 0 spiro atoms. The average Bonchev–Trinajstić information content (AvgIpc) is 2.39. The molecule has 0 aliphatic heterocycles. The zero-order valence-corrected chi connectivity index (χ0v) is 9.68. The Morgan fingerprint density at radius 3 is 2.59 bits per heavy atom. The van der Waals surface area contributed by atoms with Crippen LogP contribution in [0.1, 0.15) is 21.7 Å². The summed E-state index contributed by atoms with van der Waals surface area (Å²) in [6.45, 7) is 1.87. The molecule has 0 bridgehead atoms. The molecule has 17 heavy (non-hydrogen) atoms. The van der Waals surface area contributed by atoms with Gasteiger partial charge in [0.2, 0.25) is 11.6 Å². The number of rotatable bonds is 3. The lowest BCUT2D eigenvalue weighted by Gasteiger charge is -2.03. The van der Waals surface area contributed by atoms with Gasteiger partial charge in [0.05, 0.1) is 7.11 Å². The van der Waals surface area contributed by atoms with Gasteiger partial charge in [-0.1, -0.05) is 12.1 Å². The van der Waals surface area contributed by atoms with Gasteiger partial charge >= 0.3 is 0 Å². The molecule has 1 heterocycles. The number of methoxy groups -OCH3 is 1. The second-order valence-corrected chi connectivity index (χ2v) is 3.65. The molecule has 0 atom stereocenters. The second-order valence-electron chi connectivity index (χ2n) is 3.65. The van der Waals surface area contributed by atoms with Gasteiger partial charge in [0.25, 0.3) is 0 Å². The highest BCUT2D eigenvalue weighted by molar-refractivity contribution is 6.06. The molecular weight excluding hydrogens is 216 g/mol. The van der Waals surface area contributed by atoms with Crippen LogP contribution in [0.2, 0.25) is 0 Å². The highest BCUT2D eigenvalue weighted by Gasteiger charge is 2.12. The maximum absolute atomic E-state index is 12.0. The lowest BCUT2D eigenvalue weighted by atomic mass is 10.1. The summed E-state index contributed by atoms with van der Waals surface area (Å²) in [6, 6.07) is 6.94. The number of ether oxygens (including phenoxy) is 1. The van der Waals surface area contributed by atoms with Crippen molar-refractivity contribution < 1.29 is 9.53 Å². The highest BCUT2D eigenvalue weighted by Crippen LogP contribution is 2.14.